The zero-order chi connectivity index (χ0) is 14.1. The lowest BCUT2D eigenvalue weighted by Gasteiger charge is -2.07. The van der Waals surface area contributed by atoms with Gasteiger partial charge in [-0.05, 0) is 42.5 Å². The van der Waals surface area contributed by atoms with Crippen molar-refractivity contribution in [3.8, 4) is 0 Å². The SMILES string of the molecule is CSCCCCCNS(=O)(=O)c1ccc(CBr)cc1. The van der Waals surface area contributed by atoms with Gasteiger partial charge in [0.2, 0.25) is 10.0 Å². The first-order valence-electron chi connectivity index (χ1n) is 6.23. The quantitative estimate of drug-likeness (QED) is 0.538. The molecule has 0 aliphatic rings. The van der Waals surface area contributed by atoms with Gasteiger partial charge in [0, 0.05) is 11.9 Å². The summed E-state index contributed by atoms with van der Waals surface area (Å²) in [4.78, 5) is 0.335. The zero-order valence-corrected chi connectivity index (χ0v) is 14.3. The number of alkyl halides is 1. The predicted octanol–water partition coefficient (Wildman–Crippen LogP) is 3.39. The molecule has 0 aromatic heterocycles. The van der Waals surface area contributed by atoms with Crippen LogP contribution in [-0.4, -0.2) is 27.0 Å². The molecule has 6 heteroatoms. The topological polar surface area (TPSA) is 46.2 Å². The highest BCUT2D eigenvalue weighted by atomic mass is 79.9. The van der Waals surface area contributed by atoms with Crippen molar-refractivity contribution in [3.05, 3.63) is 29.8 Å². The van der Waals surface area contributed by atoms with Gasteiger partial charge in [0.05, 0.1) is 4.90 Å². The van der Waals surface area contributed by atoms with Crippen LogP contribution in [0.5, 0.6) is 0 Å². The van der Waals surface area contributed by atoms with E-state index in [0.29, 0.717) is 11.4 Å². The van der Waals surface area contributed by atoms with E-state index in [-0.39, 0.29) is 0 Å². The van der Waals surface area contributed by atoms with Crippen LogP contribution >= 0.6 is 27.7 Å². The van der Waals surface area contributed by atoms with E-state index in [0.717, 1.165) is 35.9 Å². The first kappa shape index (κ1) is 17.0. The fraction of sp³-hybridized carbons (Fsp3) is 0.538. The molecule has 1 aromatic rings. The Morgan fingerprint density at radius 3 is 2.42 bits per heavy atom. The van der Waals surface area contributed by atoms with Crippen LogP contribution in [0.15, 0.2) is 29.2 Å². The third kappa shape index (κ3) is 6.29. The normalized spacial score (nSPS) is 11.7. The first-order chi connectivity index (χ1) is 9.10. The van der Waals surface area contributed by atoms with Gasteiger partial charge in [-0.2, -0.15) is 11.8 Å². The molecular weight excluding hydrogens is 346 g/mol. The second kappa shape index (κ2) is 9.00. The van der Waals surface area contributed by atoms with Crippen LogP contribution in [0.3, 0.4) is 0 Å². The third-order valence-corrected chi connectivity index (χ3v) is 5.53. The summed E-state index contributed by atoms with van der Waals surface area (Å²) in [5.41, 5.74) is 1.07. The Labute approximate surface area is 128 Å². The Morgan fingerprint density at radius 2 is 1.84 bits per heavy atom. The van der Waals surface area contributed by atoms with Gasteiger partial charge < -0.3 is 0 Å². The van der Waals surface area contributed by atoms with Crippen molar-refractivity contribution in [3.63, 3.8) is 0 Å². The molecule has 0 radical (unpaired) electrons. The summed E-state index contributed by atoms with van der Waals surface area (Å²) in [6.07, 6.45) is 5.17. The molecule has 1 N–H and O–H groups in total. The number of benzene rings is 1. The standard InChI is InChI=1S/C13H20BrNO2S2/c1-18-10-4-2-3-9-15-19(16,17)13-7-5-12(11-14)6-8-13/h5-8,15H,2-4,9-11H2,1H3. The summed E-state index contributed by atoms with van der Waals surface area (Å²) in [6, 6.07) is 6.93. The molecule has 3 nitrogen and oxygen atoms in total. The van der Waals surface area contributed by atoms with Gasteiger partial charge in [0.1, 0.15) is 0 Å². The van der Waals surface area contributed by atoms with E-state index in [9.17, 15) is 8.42 Å². The number of rotatable bonds is 9. The predicted molar refractivity (Wildman–Crippen MR) is 86.5 cm³/mol. The Hall–Kier alpha value is -0.0400. The summed E-state index contributed by atoms with van der Waals surface area (Å²) in [6.45, 7) is 0.511. The van der Waals surface area contributed by atoms with E-state index in [1.807, 2.05) is 23.9 Å². The van der Waals surface area contributed by atoms with E-state index in [4.69, 9.17) is 0 Å². The smallest absolute Gasteiger partial charge is 0.211 e. The summed E-state index contributed by atoms with van der Waals surface area (Å²) < 4.78 is 26.6. The van der Waals surface area contributed by atoms with Gasteiger partial charge in [-0.15, -0.1) is 0 Å². The average Bonchev–Trinajstić information content (AvgIpc) is 2.43. The number of sulfonamides is 1. The minimum Gasteiger partial charge on any atom is -0.211 e. The monoisotopic (exact) mass is 365 g/mol. The molecule has 0 aliphatic heterocycles. The van der Waals surface area contributed by atoms with Crippen molar-refractivity contribution in [2.45, 2.75) is 29.5 Å². The first-order valence-corrected chi connectivity index (χ1v) is 10.2. The van der Waals surface area contributed by atoms with Crippen LogP contribution < -0.4 is 4.72 Å². The Bertz CT molecular complexity index is 460. The number of thioether (sulfide) groups is 1. The molecule has 0 saturated heterocycles. The maximum atomic E-state index is 12.0. The van der Waals surface area contributed by atoms with Crippen molar-refractivity contribution in [1.82, 2.24) is 4.72 Å². The number of hydrogen-bond donors (Lipinski definition) is 1. The molecule has 0 aliphatic carbocycles. The fourth-order valence-corrected chi connectivity index (χ4v) is 3.54. The molecular formula is C13H20BrNO2S2. The molecule has 0 heterocycles. The van der Waals surface area contributed by atoms with Gasteiger partial charge in [0.25, 0.3) is 0 Å². The Kier molecular flexibility index (Phi) is 8.06. The van der Waals surface area contributed by atoms with Gasteiger partial charge in [0.15, 0.2) is 0 Å². The van der Waals surface area contributed by atoms with Gasteiger partial charge in [-0.3, -0.25) is 0 Å². The van der Waals surface area contributed by atoms with Crippen molar-refractivity contribution in [2.24, 2.45) is 0 Å². The molecule has 0 atom stereocenters. The lowest BCUT2D eigenvalue weighted by Crippen LogP contribution is -2.24. The van der Waals surface area contributed by atoms with Gasteiger partial charge in [-0.25, -0.2) is 13.1 Å². The molecule has 0 bridgehead atoms. The second-order valence-corrected chi connectivity index (χ2v) is 7.54. The number of nitrogens with one attached hydrogen (secondary N) is 1. The van der Waals surface area contributed by atoms with E-state index >= 15 is 0 Å². The fourth-order valence-electron chi connectivity index (χ4n) is 1.60. The third-order valence-electron chi connectivity index (χ3n) is 2.71. The highest BCUT2D eigenvalue weighted by Crippen LogP contribution is 2.12. The van der Waals surface area contributed by atoms with Gasteiger partial charge in [-0.1, -0.05) is 34.5 Å². The Morgan fingerprint density at radius 1 is 1.16 bits per heavy atom. The molecule has 0 unspecified atom stereocenters. The lowest BCUT2D eigenvalue weighted by molar-refractivity contribution is 0.576. The average molecular weight is 366 g/mol. The van der Waals surface area contributed by atoms with Crippen molar-refractivity contribution in [2.75, 3.05) is 18.6 Å². The van der Waals surface area contributed by atoms with Crippen molar-refractivity contribution < 1.29 is 8.42 Å². The highest BCUT2D eigenvalue weighted by molar-refractivity contribution is 9.08. The van der Waals surface area contributed by atoms with Crippen LogP contribution in [-0.2, 0) is 15.4 Å². The largest absolute Gasteiger partial charge is 0.240 e. The van der Waals surface area contributed by atoms with E-state index < -0.39 is 10.0 Å². The van der Waals surface area contributed by atoms with E-state index in [1.165, 1.54) is 0 Å². The molecule has 19 heavy (non-hydrogen) atoms. The lowest BCUT2D eigenvalue weighted by atomic mass is 10.2. The van der Waals surface area contributed by atoms with Crippen LogP contribution in [0.4, 0.5) is 0 Å². The summed E-state index contributed by atoms with van der Waals surface area (Å²) in [7, 11) is -3.35. The maximum Gasteiger partial charge on any atom is 0.240 e. The second-order valence-electron chi connectivity index (χ2n) is 4.23. The summed E-state index contributed by atoms with van der Waals surface area (Å²) >= 11 is 5.16. The molecule has 1 rings (SSSR count). The summed E-state index contributed by atoms with van der Waals surface area (Å²) in [5, 5.41) is 0.732. The highest BCUT2D eigenvalue weighted by Gasteiger charge is 2.12. The van der Waals surface area contributed by atoms with Crippen molar-refractivity contribution in [1.29, 1.82) is 0 Å². The molecule has 108 valence electrons. The molecule has 0 saturated carbocycles. The van der Waals surface area contributed by atoms with E-state index in [2.05, 4.69) is 26.9 Å². The Balaban J connectivity index is 2.42. The van der Waals surface area contributed by atoms with Crippen LogP contribution in [0.2, 0.25) is 0 Å². The maximum absolute atomic E-state index is 12.0. The number of halogens is 1. The minimum atomic E-state index is -3.35. The molecule has 0 fully saturated rings. The van der Waals surface area contributed by atoms with Crippen molar-refractivity contribution >= 4 is 37.7 Å². The van der Waals surface area contributed by atoms with Gasteiger partial charge >= 0.3 is 0 Å². The number of hydrogen-bond acceptors (Lipinski definition) is 3. The number of unbranched alkanes of at least 4 members (excludes halogenated alkanes) is 2. The van der Waals surface area contributed by atoms with Crippen LogP contribution in [0, 0.1) is 0 Å². The molecule has 0 spiro atoms. The molecule has 1 aromatic carbocycles. The van der Waals surface area contributed by atoms with Crippen LogP contribution in [0.25, 0.3) is 0 Å². The van der Waals surface area contributed by atoms with Crippen LogP contribution in [0.1, 0.15) is 24.8 Å². The molecule has 0 amide bonds. The van der Waals surface area contributed by atoms with E-state index in [1.54, 1.807) is 12.1 Å². The minimum absolute atomic E-state index is 0.335. The summed E-state index contributed by atoms with van der Waals surface area (Å²) in [5.74, 6) is 1.14. The zero-order valence-electron chi connectivity index (χ0n) is 11.1.